The van der Waals surface area contributed by atoms with Crippen molar-refractivity contribution in [2.24, 2.45) is 0 Å². The number of hydrogen-bond donors (Lipinski definition) is 2. The molecule has 0 spiro atoms. The Labute approximate surface area is 258 Å². The first-order chi connectivity index (χ1) is 21.8. The molecule has 45 heavy (non-hydrogen) atoms. The highest BCUT2D eigenvalue weighted by Crippen LogP contribution is 2.31. The number of benzene rings is 3. The summed E-state index contributed by atoms with van der Waals surface area (Å²) in [6.45, 7) is 1.46. The number of nitrogens with one attached hydrogen (secondary N) is 2. The van der Waals surface area contributed by atoms with Gasteiger partial charge in [0.1, 0.15) is 29.0 Å². The molecule has 2 N–H and O–H groups in total. The normalized spacial score (nSPS) is 15.4. The second-order valence-corrected chi connectivity index (χ2v) is 10.8. The molecular formula is C34H32F4N4O3. The van der Waals surface area contributed by atoms with E-state index in [9.17, 15) is 22.8 Å². The summed E-state index contributed by atoms with van der Waals surface area (Å²) in [5.41, 5.74) is 1.03. The number of ether oxygens (including phenoxy) is 1. The molecule has 0 aliphatic carbocycles. The van der Waals surface area contributed by atoms with Crippen molar-refractivity contribution < 1.29 is 31.9 Å². The fourth-order valence-electron chi connectivity index (χ4n) is 5.51. The first-order valence-corrected chi connectivity index (χ1v) is 14.6. The number of hydrogen-bond acceptors (Lipinski definition) is 5. The summed E-state index contributed by atoms with van der Waals surface area (Å²) >= 11 is 0. The minimum atomic E-state index is -0.814. The maximum Gasteiger partial charge on any atom is 0.260 e. The topological polar surface area (TPSA) is 83.6 Å². The van der Waals surface area contributed by atoms with E-state index in [-0.39, 0.29) is 48.2 Å². The lowest BCUT2D eigenvalue weighted by Gasteiger charge is -2.36. The van der Waals surface area contributed by atoms with Crippen LogP contribution in [0.15, 0.2) is 85.2 Å². The minimum absolute atomic E-state index is 0.129. The van der Waals surface area contributed by atoms with Gasteiger partial charge in [-0.2, -0.15) is 0 Å². The standard InChI is InChI=1S/C34H32F4N4O3/c35-24-8-6-22(7-9-24)30(23-14-25(36)16-26(37)15-23)17-33(43)41-32-20-40-19-31(38)29(32)11-10-27-18-39-12-13-42(27)34(44)21-45-28-4-2-1-3-5-28/h1-9,14-16,19-20,27,30,39H,10-13,17-18,21H2,(H,41,43)/t27-,30-/m0/s1. The number of nitrogens with zero attached hydrogens (tertiary/aromatic N) is 2. The summed E-state index contributed by atoms with van der Waals surface area (Å²) in [4.78, 5) is 32.0. The van der Waals surface area contributed by atoms with Crippen molar-refractivity contribution in [1.29, 1.82) is 0 Å². The third kappa shape index (κ3) is 8.45. The molecule has 0 bridgehead atoms. The largest absolute Gasteiger partial charge is 0.484 e. The zero-order valence-corrected chi connectivity index (χ0v) is 24.3. The number of aromatic nitrogens is 1. The Balaban J connectivity index is 1.28. The van der Waals surface area contributed by atoms with Gasteiger partial charge in [0.05, 0.1) is 18.1 Å². The second-order valence-electron chi connectivity index (χ2n) is 10.8. The van der Waals surface area contributed by atoms with E-state index in [0.717, 1.165) is 24.4 Å². The highest BCUT2D eigenvalue weighted by atomic mass is 19.1. The molecule has 2 amide bonds. The number of pyridine rings is 1. The van der Waals surface area contributed by atoms with Crippen molar-refractivity contribution in [2.75, 3.05) is 31.6 Å². The Morgan fingerprint density at radius 3 is 2.40 bits per heavy atom. The van der Waals surface area contributed by atoms with Crippen LogP contribution in [0.2, 0.25) is 0 Å². The number of para-hydroxylation sites is 1. The van der Waals surface area contributed by atoms with Crippen molar-refractivity contribution in [3.05, 3.63) is 125 Å². The lowest BCUT2D eigenvalue weighted by atomic mass is 9.88. The van der Waals surface area contributed by atoms with Gasteiger partial charge in [-0.25, -0.2) is 17.6 Å². The van der Waals surface area contributed by atoms with Crippen LogP contribution in [0.4, 0.5) is 23.2 Å². The zero-order valence-electron chi connectivity index (χ0n) is 24.3. The second kappa shape index (κ2) is 14.8. The predicted molar refractivity (Wildman–Crippen MR) is 161 cm³/mol. The highest BCUT2D eigenvalue weighted by molar-refractivity contribution is 5.92. The van der Waals surface area contributed by atoms with Crippen molar-refractivity contribution in [3.63, 3.8) is 0 Å². The van der Waals surface area contributed by atoms with Gasteiger partial charge < -0.3 is 20.3 Å². The molecule has 0 unspecified atom stereocenters. The van der Waals surface area contributed by atoms with Gasteiger partial charge in [0, 0.05) is 49.6 Å². The van der Waals surface area contributed by atoms with E-state index in [4.69, 9.17) is 4.74 Å². The third-order valence-corrected chi connectivity index (χ3v) is 7.73. The lowest BCUT2D eigenvalue weighted by molar-refractivity contribution is -0.136. The maximum absolute atomic E-state index is 15.1. The number of halogens is 4. The molecule has 11 heteroatoms. The van der Waals surface area contributed by atoms with Gasteiger partial charge in [-0.15, -0.1) is 0 Å². The van der Waals surface area contributed by atoms with Gasteiger partial charge in [0.25, 0.3) is 5.91 Å². The molecule has 0 saturated carbocycles. The van der Waals surface area contributed by atoms with Gasteiger partial charge in [-0.1, -0.05) is 30.3 Å². The lowest BCUT2D eigenvalue weighted by Crippen LogP contribution is -2.54. The Hall–Kier alpha value is -4.77. The van der Waals surface area contributed by atoms with Crippen molar-refractivity contribution >= 4 is 17.5 Å². The van der Waals surface area contributed by atoms with Crippen molar-refractivity contribution in [1.82, 2.24) is 15.2 Å². The zero-order chi connectivity index (χ0) is 31.8. The van der Waals surface area contributed by atoms with E-state index in [1.165, 1.54) is 30.5 Å². The number of rotatable bonds is 11. The van der Waals surface area contributed by atoms with Gasteiger partial charge in [-0.05, 0) is 60.4 Å². The number of anilines is 1. The highest BCUT2D eigenvalue weighted by Gasteiger charge is 2.28. The molecule has 1 saturated heterocycles. The summed E-state index contributed by atoms with van der Waals surface area (Å²) < 4.78 is 62.6. The Bertz CT molecular complexity index is 1600. The van der Waals surface area contributed by atoms with E-state index in [0.29, 0.717) is 37.4 Å². The average Bonchev–Trinajstić information content (AvgIpc) is 3.03. The predicted octanol–water partition coefficient (Wildman–Crippen LogP) is 5.61. The van der Waals surface area contributed by atoms with Crippen LogP contribution in [0.25, 0.3) is 0 Å². The molecule has 0 radical (unpaired) electrons. The van der Waals surface area contributed by atoms with Crippen molar-refractivity contribution in [2.45, 2.75) is 31.2 Å². The van der Waals surface area contributed by atoms with E-state index in [2.05, 4.69) is 15.6 Å². The fourth-order valence-corrected chi connectivity index (χ4v) is 5.51. The smallest absolute Gasteiger partial charge is 0.260 e. The first-order valence-electron chi connectivity index (χ1n) is 14.6. The van der Waals surface area contributed by atoms with Gasteiger partial charge in [-0.3, -0.25) is 14.6 Å². The van der Waals surface area contributed by atoms with Gasteiger partial charge >= 0.3 is 0 Å². The SMILES string of the molecule is O=C(C[C@@H](c1ccc(F)cc1)c1cc(F)cc(F)c1)Nc1cncc(F)c1CC[C@H]1CNCCN1C(=O)COc1ccccc1. The van der Waals surface area contributed by atoms with Gasteiger partial charge in [0.2, 0.25) is 5.91 Å². The molecule has 1 aliphatic rings. The van der Waals surface area contributed by atoms with E-state index in [1.807, 2.05) is 18.2 Å². The first kappa shape index (κ1) is 31.6. The van der Waals surface area contributed by atoms with Crippen LogP contribution < -0.4 is 15.4 Å². The molecule has 1 aromatic heterocycles. The van der Waals surface area contributed by atoms with Crippen molar-refractivity contribution in [3.8, 4) is 5.75 Å². The molecule has 2 heterocycles. The number of piperazine rings is 1. The molecule has 3 aromatic carbocycles. The van der Waals surface area contributed by atoms with Crippen LogP contribution in [0.5, 0.6) is 5.75 Å². The van der Waals surface area contributed by atoms with Gasteiger partial charge in [0.15, 0.2) is 6.61 Å². The Morgan fingerprint density at radius 1 is 0.933 bits per heavy atom. The number of amides is 2. The number of carbonyl (C=O) groups excluding carboxylic acids is 2. The molecular weight excluding hydrogens is 588 g/mol. The van der Waals surface area contributed by atoms with Crippen LogP contribution in [0.1, 0.15) is 35.4 Å². The maximum atomic E-state index is 15.1. The Morgan fingerprint density at radius 2 is 1.67 bits per heavy atom. The summed E-state index contributed by atoms with van der Waals surface area (Å²) in [5, 5.41) is 5.97. The summed E-state index contributed by atoms with van der Waals surface area (Å²) in [6, 6.07) is 17.0. The van der Waals surface area contributed by atoms with Crippen LogP contribution >= 0.6 is 0 Å². The number of carbonyl (C=O) groups is 2. The summed E-state index contributed by atoms with van der Waals surface area (Å²) in [7, 11) is 0. The van der Waals surface area contributed by atoms with Crippen LogP contribution in [0.3, 0.4) is 0 Å². The quantitative estimate of drug-likeness (QED) is 0.213. The average molecular weight is 621 g/mol. The van der Waals surface area contributed by atoms with E-state index >= 15 is 4.39 Å². The fraction of sp³-hybridized carbons (Fsp3) is 0.265. The molecule has 4 aromatic rings. The Kier molecular flexibility index (Phi) is 10.4. The molecule has 5 rings (SSSR count). The molecule has 1 fully saturated rings. The van der Waals surface area contributed by atoms with Crippen LogP contribution in [-0.2, 0) is 16.0 Å². The minimum Gasteiger partial charge on any atom is -0.484 e. The molecule has 7 nitrogen and oxygen atoms in total. The van der Waals surface area contributed by atoms with Crippen LogP contribution in [-0.4, -0.2) is 54.0 Å². The summed E-state index contributed by atoms with van der Waals surface area (Å²) in [6.07, 6.45) is 2.71. The third-order valence-electron chi connectivity index (χ3n) is 7.73. The molecule has 1 aliphatic heterocycles. The molecule has 234 valence electrons. The molecule has 2 atom stereocenters. The van der Waals surface area contributed by atoms with E-state index < -0.39 is 35.1 Å². The monoisotopic (exact) mass is 620 g/mol. The van der Waals surface area contributed by atoms with Crippen LogP contribution in [0, 0.1) is 23.3 Å². The van der Waals surface area contributed by atoms with E-state index in [1.54, 1.807) is 17.0 Å². The summed E-state index contributed by atoms with van der Waals surface area (Å²) in [5.74, 6) is -3.72.